The number of hydrogen-bond donors (Lipinski definition) is 1. The van der Waals surface area contributed by atoms with Crippen LogP contribution in [0.4, 0.5) is 5.69 Å². The van der Waals surface area contributed by atoms with Crippen LogP contribution in [0.1, 0.15) is 38.7 Å². The minimum absolute atomic E-state index is 0.0759. The molecule has 0 unspecified atom stereocenters. The first-order valence-electron chi connectivity index (χ1n) is 11.5. The molecular weight excluding hydrogens is 490 g/mol. The molecule has 2 aromatic carbocycles. The van der Waals surface area contributed by atoms with E-state index in [0.29, 0.717) is 29.4 Å². The van der Waals surface area contributed by atoms with Crippen LogP contribution in [0.5, 0.6) is 5.75 Å². The van der Waals surface area contributed by atoms with E-state index in [1.54, 1.807) is 36.3 Å². The van der Waals surface area contributed by atoms with Crippen molar-refractivity contribution < 1.29 is 22.7 Å². The largest absolute Gasteiger partial charge is 0.497 e. The van der Waals surface area contributed by atoms with Gasteiger partial charge in [0.05, 0.1) is 19.1 Å². The van der Waals surface area contributed by atoms with Crippen molar-refractivity contribution in [2.45, 2.75) is 45.7 Å². The van der Waals surface area contributed by atoms with Crippen LogP contribution in [0.3, 0.4) is 0 Å². The van der Waals surface area contributed by atoms with Crippen molar-refractivity contribution in [1.82, 2.24) is 10.2 Å². The van der Waals surface area contributed by atoms with Crippen molar-refractivity contribution in [2.24, 2.45) is 0 Å². The van der Waals surface area contributed by atoms with E-state index in [4.69, 9.17) is 16.3 Å². The van der Waals surface area contributed by atoms with Gasteiger partial charge in [0.25, 0.3) is 0 Å². The fourth-order valence-electron chi connectivity index (χ4n) is 3.81. The van der Waals surface area contributed by atoms with Gasteiger partial charge in [-0.2, -0.15) is 0 Å². The summed E-state index contributed by atoms with van der Waals surface area (Å²) in [6, 6.07) is 13.3. The Morgan fingerprint density at radius 1 is 1.11 bits per heavy atom. The van der Waals surface area contributed by atoms with Gasteiger partial charge in [-0.05, 0) is 55.7 Å². The molecule has 0 fully saturated rings. The van der Waals surface area contributed by atoms with E-state index in [1.807, 2.05) is 38.1 Å². The van der Waals surface area contributed by atoms with E-state index < -0.39 is 16.1 Å². The molecule has 2 amide bonds. The molecule has 2 aromatic rings. The maximum absolute atomic E-state index is 13.4. The Bertz CT molecular complexity index is 1110. The first-order valence-corrected chi connectivity index (χ1v) is 13.8. The summed E-state index contributed by atoms with van der Waals surface area (Å²) in [5.41, 5.74) is 1.27. The molecule has 192 valence electrons. The number of anilines is 1. The molecule has 0 spiro atoms. The smallest absolute Gasteiger partial charge is 0.242 e. The fraction of sp³-hybridized carbons (Fsp3) is 0.440. The molecule has 0 aliphatic carbocycles. The zero-order valence-corrected chi connectivity index (χ0v) is 22.2. The van der Waals surface area contributed by atoms with Crippen LogP contribution >= 0.6 is 11.6 Å². The number of benzene rings is 2. The summed E-state index contributed by atoms with van der Waals surface area (Å²) >= 11 is 6.04. The second kappa shape index (κ2) is 13.3. The maximum Gasteiger partial charge on any atom is 0.242 e. The van der Waals surface area contributed by atoms with E-state index in [0.717, 1.165) is 11.8 Å². The number of nitrogens with zero attached hydrogens (tertiary/aromatic N) is 2. The van der Waals surface area contributed by atoms with E-state index >= 15 is 0 Å². The van der Waals surface area contributed by atoms with Gasteiger partial charge >= 0.3 is 0 Å². The lowest BCUT2D eigenvalue weighted by molar-refractivity contribution is -0.141. The first-order chi connectivity index (χ1) is 16.6. The summed E-state index contributed by atoms with van der Waals surface area (Å²) in [6.45, 7) is 4.48. The van der Waals surface area contributed by atoms with Crippen molar-refractivity contribution >= 4 is 39.1 Å². The summed E-state index contributed by atoms with van der Waals surface area (Å²) in [5, 5.41) is 3.22. The third-order valence-electron chi connectivity index (χ3n) is 5.47. The molecule has 0 heterocycles. The molecule has 35 heavy (non-hydrogen) atoms. The minimum atomic E-state index is -3.58. The van der Waals surface area contributed by atoms with E-state index in [9.17, 15) is 18.0 Å². The molecule has 0 radical (unpaired) electrons. The molecule has 0 saturated carbocycles. The van der Waals surface area contributed by atoms with E-state index in [2.05, 4.69) is 5.32 Å². The zero-order valence-electron chi connectivity index (χ0n) is 20.7. The van der Waals surface area contributed by atoms with Crippen LogP contribution in [0.25, 0.3) is 0 Å². The van der Waals surface area contributed by atoms with Gasteiger partial charge in [0.1, 0.15) is 11.8 Å². The highest BCUT2D eigenvalue weighted by Crippen LogP contribution is 2.23. The number of halogens is 1. The summed E-state index contributed by atoms with van der Waals surface area (Å²) in [4.78, 5) is 27.7. The zero-order chi connectivity index (χ0) is 26.0. The molecule has 0 saturated heterocycles. The quantitative estimate of drug-likeness (QED) is 0.430. The van der Waals surface area contributed by atoms with Crippen molar-refractivity contribution in [1.29, 1.82) is 0 Å². The van der Waals surface area contributed by atoms with Gasteiger partial charge < -0.3 is 15.0 Å². The Morgan fingerprint density at radius 2 is 1.83 bits per heavy atom. The number of nitrogens with one attached hydrogen (secondary N) is 1. The van der Waals surface area contributed by atoms with Crippen LogP contribution in [0, 0.1) is 0 Å². The average Bonchev–Trinajstić information content (AvgIpc) is 2.81. The lowest BCUT2D eigenvalue weighted by Crippen LogP contribution is -2.49. The minimum Gasteiger partial charge on any atom is -0.497 e. The number of sulfonamides is 1. The molecule has 0 aliphatic rings. The molecule has 8 nitrogen and oxygen atoms in total. The highest BCUT2D eigenvalue weighted by atomic mass is 35.5. The Kier molecular flexibility index (Phi) is 10.9. The third-order valence-corrected chi connectivity index (χ3v) is 6.90. The van der Waals surface area contributed by atoms with Gasteiger partial charge in [0.15, 0.2) is 0 Å². The van der Waals surface area contributed by atoms with Crippen LogP contribution in [0.15, 0.2) is 48.5 Å². The fourth-order valence-corrected chi connectivity index (χ4v) is 4.96. The highest BCUT2D eigenvalue weighted by molar-refractivity contribution is 7.92. The van der Waals surface area contributed by atoms with Crippen molar-refractivity contribution in [3.05, 3.63) is 59.1 Å². The molecule has 0 aromatic heterocycles. The third kappa shape index (κ3) is 8.43. The summed E-state index contributed by atoms with van der Waals surface area (Å²) in [6.07, 6.45) is 1.91. The summed E-state index contributed by atoms with van der Waals surface area (Å²) in [5.74, 6) is 0.208. The molecule has 0 aliphatic heterocycles. The molecular formula is C25H34ClN3O5S. The number of likely N-dealkylation sites (N-methyl/N-ethyl adjacent to an activating group) is 1. The molecule has 1 atom stereocenters. The Morgan fingerprint density at radius 3 is 2.43 bits per heavy atom. The second-order valence-corrected chi connectivity index (χ2v) is 10.5. The Labute approximate surface area is 213 Å². The SMILES string of the molecule is CCNC(=O)[C@@H](CC)N(Cc1cccc(OC)c1)C(=O)CCCN(c1cccc(Cl)c1)S(C)(=O)=O. The summed E-state index contributed by atoms with van der Waals surface area (Å²) < 4.78 is 31.3. The standard InChI is InChI=1S/C25H34ClN3O5S/c1-5-23(25(31)27-6-2)28(18-19-10-7-13-22(16-19)34-3)24(30)14-9-15-29(35(4,32)33)21-12-8-11-20(26)17-21/h7-8,10-13,16-17,23H,5-6,9,14-15,18H2,1-4H3,(H,27,31)/t23-/m1/s1. The normalized spacial score (nSPS) is 12.0. The summed E-state index contributed by atoms with van der Waals surface area (Å²) in [7, 11) is -2.01. The van der Waals surface area contributed by atoms with Crippen molar-refractivity contribution in [3.63, 3.8) is 0 Å². The Balaban J connectivity index is 2.22. The van der Waals surface area contributed by atoms with E-state index in [-0.39, 0.29) is 37.7 Å². The first kappa shape index (κ1) is 28.5. The number of hydrogen-bond acceptors (Lipinski definition) is 5. The van der Waals surface area contributed by atoms with Crippen molar-refractivity contribution in [3.8, 4) is 5.75 Å². The second-order valence-electron chi connectivity index (χ2n) is 8.11. The number of ether oxygens (including phenoxy) is 1. The molecule has 10 heteroatoms. The van der Waals surface area contributed by atoms with Crippen LogP contribution in [-0.4, -0.2) is 57.6 Å². The van der Waals surface area contributed by atoms with Crippen LogP contribution < -0.4 is 14.4 Å². The van der Waals surface area contributed by atoms with Gasteiger partial charge in [-0.3, -0.25) is 13.9 Å². The maximum atomic E-state index is 13.4. The number of amides is 2. The topological polar surface area (TPSA) is 96.0 Å². The number of rotatable bonds is 13. The lowest BCUT2D eigenvalue weighted by Gasteiger charge is -2.31. The lowest BCUT2D eigenvalue weighted by atomic mass is 10.1. The average molecular weight is 524 g/mol. The van der Waals surface area contributed by atoms with E-state index in [1.165, 1.54) is 4.31 Å². The predicted octanol–water partition coefficient (Wildman–Crippen LogP) is 3.84. The monoisotopic (exact) mass is 523 g/mol. The predicted molar refractivity (Wildman–Crippen MR) is 139 cm³/mol. The van der Waals surface area contributed by atoms with Crippen molar-refractivity contribution in [2.75, 3.05) is 30.8 Å². The number of carbonyl (C=O) groups is 2. The van der Waals surface area contributed by atoms with Gasteiger partial charge in [0, 0.05) is 31.1 Å². The van der Waals surface area contributed by atoms with Crippen LogP contribution in [-0.2, 0) is 26.2 Å². The van der Waals surface area contributed by atoms with Gasteiger partial charge in [-0.15, -0.1) is 0 Å². The van der Waals surface area contributed by atoms with Gasteiger partial charge in [0.2, 0.25) is 21.8 Å². The number of methoxy groups -OCH3 is 1. The van der Waals surface area contributed by atoms with Gasteiger partial charge in [-0.1, -0.05) is 36.7 Å². The molecule has 1 N–H and O–H groups in total. The molecule has 0 bridgehead atoms. The number of carbonyl (C=O) groups excluding carboxylic acids is 2. The highest BCUT2D eigenvalue weighted by Gasteiger charge is 2.28. The Hall–Kier alpha value is -2.78. The van der Waals surface area contributed by atoms with Gasteiger partial charge in [-0.25, -0.2) is 8.42 Å². The molecule has 2 rings (SSSR count). The van der Waals surface area contributed by atoms with Crippen LogP contribution in [0.2, 0.25) is 5.02 Å².